The number of rotatable bonds is 4. The van der Waals surface area contributed by atoms with Crippen LogP contribution in [0.2, 0.25) is 0 Å². The molecule has 0 spiro atoms. The summed E-state index contributed by atoms with van der Waals surface area (Å²) in [5.41, 5.74) is -7.56. The molecular formula is C5H9F3NO4S-. The molecule has 0 saturated heterocycles. The second-order valence-electron chi connectivity index (χ2n) is 2.83. The average Bonchev–Trinajstić information content (AvgIpc) is 2.01. The zero-order chi connectivity index (χ0) is 11.6. The first-order valence-corrected chi connectivity index (χ1v) is 4.79. The van der Waals surface area contributed by atoms with Gasteiger partial charge >= 0.3 is 5.51 Å². The van der Waals surface area contributed by atoms with Crippen LogP contribution >= 0.6 is 0 Å². The van der Waals surface area contributed by atoms with Gasteiger partial charge in [-0.05, 0) is 0 Å². The minimum atomic E-state index is -5.67. The Morgan fingerprint density at radius 2 is 1.57 bits per heavy atom. The molecule has 0 atom stereocenters. The SMILES string of the molecule is CC(CO)(CO)[N-]S(=O)(=O)C(F)(F)F. The van der Waals surface area contributed by atoms with Gasteiger partial charge in [-0.3, -0.25) is 0 Å². The van der Waals surface area contributed by atoms with Crippen LogP contribution in [0.15, 0.2) is 0 Å². The third kappa shape index (κ3) is 3.08. The molecule has 9 heteroatoms. The Hall–Kier alpha value is -0.380. The first-order valence-electron chi connectivity index (χ1n) is 3.35. The van der Waals surface area contributed by atoms with Crippen molar-refractivity contribution in [3.8, 4) is 0 Å². The molecule has 0 unspecified atom stereocenters. The van der Waals surface area contributed by atoms with Crippen molar-refractivity contribution < 1.29 is 31.8 Å². The molecular weight excluding hydrogens is 227 g/mol. The first-order chi connectivity index (χ1) is 6.08. The minimum absolute atomic E-state index is 0.885. The maximum Gasteiger partial charge on any atom is 0.480 e. The van der Waals surface area contributed by atoms with Crippen molar-refractivity contribution >= 4 is 10.0 Å². The third-order valence-corrected chi connectivity index (χ3v) is 2.58. The summed E-state index contributed by atoms with van der Waals surface area (Å²) in [5, 5.41) is 17.1. The summed E-state index contributed by atoms with van der Waals surface area (Å²) < 4.78 is 58.7. The third-order valence-electron chi connectivity index (χ3n) is 1.31. The number of aliphatic hydroxyl groups excluding tert-OH is 2. The second kappa shape index (κ2) is 4.01. The second-order valence-corrected chi connectivity index (χ2v) is 4.42. The van der Waals surface area contributed by atoms with Crippen molar-refractivity contribution in [2.75, 3.05) is 13.2 Å². The average molecular weight is 236 g/mol. The number of sulfonamides is 1. The van der Waals surface area contributed by atoms with Crippen molar-refractivity contribution in [2.24, 2.45) is 0 Å². The van der Waals surface area contributed by atoms with E-state index in [-0.39, 0.29) is 0 Å². The van der Waals surface area contributed by atoms with E-state index in [4.69, 9.17) is 10.2 Å². The number of halogens is 3. The highest BCUT2D eigenvalue weighted by Crippen LogP contribution is 2.32. The van der Waals surface area contributed by atoms with Gasteiger partial charge in [0.1, 0.15) is 0 Å². The van der Waals surface area contributed by atoms with E-state index in [0.717, 1.165) is 6.92 Å². The van der Waals surface area contributed by atoms with Crippen molar-refractivity contribution in [3.05, 3.63) is 4.72 Å². The van der Waals surface area contributed by atoms with Crippen LogP contribution in [0.25, 0.3) is 4.72 Å². The van der Waals surface area contributed by atoms with Gasteiger partial charge < -0.3 is 14.9 Å². The molecule has 86 valence electrons. The predicted molar refractivity (Wildman–Crippen MR) is 40.9 cm³/mol. The Balaban J connectivity index is 4.85. The molecule has 0 saturated carbocycles. The molecule has 0 aromatic heterocycles. The largest absolute Gasteiger partial charge is 0.532 e. The van der Waals surface area contributed by atoms with Crippen molar-refractivity contribution in [2.45, 2.75) is 18.0 Å². The molecule has 0 amide bonds. The van der Waals surface area contributed by atoms with E-state index in [1.165, 1.54) is 0 Å². The lowest BCUT2D eigenvalue weighted by Crippen LogP contribution is -2.38. The Labute approximate surface area is 78.6 Å². The van der Waals surface area contributed by atoms with Gasteiger partial charge in [-0.25, -0.2) is 8.42 Å². The van der Waals surface area contributed by atoms with Gasteiger partial charge in [-0.1, -0.05) is 12.5 Å². The highest BCUT2D eigenvalue weighted by Gasteiger charge is 2.40. The normalized spacial score (nSPS) is 14.4. The molecule has 0 fully saturated rings. The number of aliphatic hydroxyl groups is 2. The van der Waals surface area contributed by atoms with E-state index in [1.807, 2.05) is 0 Å². The molecule has 0 rings (SSSR count). The zero-order valence-corrected chi connectivity index (χ0v) is 7.93. The summed E-state index contributed by atoms with van der Waals surface area (Å²) in [6.45, 7) is -1.12. The highest BCUT2D eigenvalue weighted by molar-refractivity contribution is 7.94. The van der Waals surface area contributed by atoms with Crippen molar-refractivity contribution in [3.63, 3.8) is 0 Å². The van der Waals surface area contributed by atoms with E-state index < -0.39 is 34.3 Å². The van der Waals surface area contributed by atoms with Crippen LogP contribution in [0.5, 0.6) is 0 Å². The molecule has 0 aromatic carbocycles. The van der Waals surface area contributed by atoms with Gasteiger partial charge in [0.2, 0.25) is 0 Å². The number of nitrogens with zero attached hydrogens (tertiary/aromatic N) is 1. The van der Waals surface area contributed by atoms with Gasteiger partial charge in [-0.15, -0.1) is 0 Å². The molecule has 14 heavy (non-hydrogen) atoms. The van der Waals surface area contributed by atoms with Crippen LogP contribution in [0.4, 0.5) is 13.2 Å². The monoisotopic (exact) mass is 236 g/mol. The summed E-state index contributed by atoms with van der Waals surface area (Å²) in [6.07, 6.45) is 0. The van der Waals surface area contributed by atoms with Crippen molar-refractivity contribution in [1.82, 2.24) is 0 Å². The first kappa shape index (κ1) is 13.6. The summed E-state index contributed by atoms with van der Waals surface area (Å²) in [7, 11) is -5.67. The van der Waals surface area contributed by atoms with Gasteiger partial charge in [0, 0.05) is 13.2 Å². The molecule has 0 radical (unpaired) electrons. The van der Waals surface area contributed by atoms with E-state index in [0.29, 0.717) is 0 Å². The maximum absolute atomic E-state index is 11.8. The topological polar surface area (TPSA) is 88.7 Å². The summed E-state index contributed by atoms with van der Waals surface area (Å²) >= 11 is 0. The lowest BCUT2D eigenvalue weighted by atomic mass is 10.1. The van der Waals surface area contributed by atoms with Crippen LogP contribution in [0.3, 0.4) is 0 Å². The maximum atomic E-state index is 11.8. The zero-order valence-electron chi connectivity index (χ0n) is 7.11. The Bertz CT molecular complexity index is 282. The number of hydrogen-bond donors (Lipinski definition) is 2. The molecule has 5 nitrogen and oxygen atoms in total. The fourth-order valence-electron chi connectivity index (χ4n) is 0.450. The molecule has 0 aliphatic rings. The molecule has 0 aliphatic heterocycles. The van der Waals surface area contributed by atoms with E-state index >= 15 is 0 Å². The quantitative estimate of drug-likeness (QED) is 0.716. The predicted octanol–water partition coefficient (Wildman–Crippen LogP) is -0.0470. The molecule has 0 bridgehead atoms. The summed E-state index contributed by atoms with van der Waals surface area (Å²) in [4.78, 5) is 0. The van der Waals surface area contributed by atoms with Crippen LogP contribution in [-0.4, -0.2) is 42.9 Å². The van der Waals surface area contributed by atoms with Gasteiger partial charge in [-0.2, -0.15) is 13.2 Å². The van der Waals surface area contributed by atoms with Crippen LogP contribution in [0, 0.1) is 0 Å². The van der Waals surface area contributed by atoms with E-state index in [2.05, 4.69) is 4.72 Å². The standard InChI is InChI=1S/C5H9F3NO4S/c1-4(2-10,3-11)9-14(12,13)5(6,7)8/h10-11H,2-3H2,1H3/q-1. The van der Waals surface area contributed by atoms with Gasteiger partial charge in [0.05, 0.1) is 0 Å². The Morgan fingerprint density at radius 1 is 1.21 bits per heavy atom. The van der Waals surface area contributed by atoms with Gasteiger partial charge in [0.25, 0.3) is 0 Å². The summed E-state index contributed by atoms with van der Waals surface area (Å²) in [5.74, 6) is 0. The smallest absolute Gasteiger partial charge is 0.480 e. The molecule has 0 aromatic rings. The van der Waals surface area contributed by atoms with E-state index in [1.54, 1.807) is 0 Å². The number of hydrogen-bond acceptors (Lipinski definition) is 4. The van der Waals surface area contributed by atoms with Crippen LogP contribution in [-0.2, 0) is 10.0 Å². The van der Waals surface area contributed by atoms with Crippen molar-refractivity contribution in [1.29, 1.82) is 0 Å². The van der Waals surface area contributed by atoms with Crippen LogP contribution in [0.1, 0.15) is 6.92 Å². The fraction of sp³-hybridized carbons (Fsp3) is 1.00. The minimum Gasteiger partial charge on any atom is -0.532 e. The Kier molecular flexibility index (Phi) is 3.90. The fourth-order valence-corrected chi connectivity index (χ4v) is 1.25. The van der Waals surface area contributed by atoms with Gasteiger partial charge in [0.15, 0.2) is 10.0 Å². The number of alkyl halides is 3. The lowest BCUT2D eigenvalue weighted by molar-refractivity contribution is -0.0431. The highest BCUT2D eigenvalue weighted by atomic mass is 32.2. The van der Waals surface area contributed by atoms with E-state index in [9.17, 15) is 21.6 Å². The Morgan fingerprint density at radius 3 is 1.79 bits per heavy atom. The molecule has 0 heterocycles. The summed E-state index contributed by atoms with van der Waals surface area (Å²) in [6, 6.07) is 0. The molecule has 2 N–H and O–H groups in total. The lowest BCUT2D eigenvalue weighted by Gasteiger charge is -2.39. The molecule has 0 aliphatic carbocycles. The van der Waals surface area contributed by atoms with Crippen LogP contribution < -0.4 is 0 Å².